The molecule has 7 nitrogen and oxygen atoms in total. The third kappa shape index (κ3) is 8.29. The minimum atomic E-state index is -1.04. The van der Waals surface area contributed by atoms with Crippen molar-refractivity contribution >= 4 is 41.2 Å². The van der Waals surface area contributed by atoms with Crippen LogP contribution in [0, 0.1) is 0 Å². The van der Waals surface area contributed by atoms with E-state index in [-0.39, 0.29) is 19.4 Å². The fraction of sp³-hybridized carbons (Fsp3) is 0.222. The number of methoxy groups -OCH3 is 1. The lowest BCUT2D eigenvalue weighted by Crippen LogP contribution is -2.53. The van der Waals surface area contributed by atoms with Crippen LogP contribution >= 0.6 is 23.2 Å². The lowest BCUT2D eigenvalue weighted by atomic mass is 10.0. The van der Waals surface area contributed by atoms with E-state index in [1.807, 2.05) is 60.7 Å². The van der Waals surface area contributed by atoms with Gasteiger partial charge in [-0.25, -0.2) is 9.59 Å². The molecule has 0 aliphatic rings. The number of amides is 2. The molecule has 0 saturated carbocycles. The number of nitrogens with one attached hydrogen (secondary N) is 2. The Morgan fingerprint density at radius 3 is 2.06 bits per heavy atom. The molecule has 0 fully saturated rings. The molecule has 0 aliphatic carbocycles. The second-order valence-electron chi connectivity index (χ2n) is 7.97. The Hall–Kier alpha value is -3.55. The third-order valence-corrected chi connectivity index (χ3v) is 5.93. The molecule has 0 radical (unpaired) electrons. The van der Waals surface area contributed by atoms with E-state index >= 15 is 0 Å². The van der Waals surface area contributed by atoms with E-state index in [0.717, 1.165) is 11.1 Å². The van der Waals surface area contributed by atoms with Crippen molar-refractivity contribution in [1.82, 2.24) is 10.6 Å². The number of ether oxygens (including phenoxy) is 2. The Balaban J connectivity index is 1.73. The van der Waals surface area contributed by atoms with Gasteiger partial charge in [-0.1, -0.05) is 89.9 Å². The van der Waals surface area contributed by atoms with Gasteiger partial charge >= 0.3 is 12.1 Å². The van der Waals surface area contributed by atoms with Crippen molar-refractivity contribution in [3.05, 3.63) is 106 Å². The predicted octanol–water partition coefficient (Wildman–Crippen LogP) is 4.73. The molecule has 2 N–H and O–H groups in total. The molecule has 0 spiro atoms. The summed E-state index contributed by atoms with van der Waals surface area (Å²) in [6, 6.07) is 21.2. The lowest BCUT2D eigenvalue weighted by Gasteiger charge is -2.22. The summed E-state index contributed by atoms with van der Waals surface area (Å²) in [5.41, 5.74) is 2.23. The van der Waals surface area contributed by atoms with Crippen LogP contribution in [0.2, 0.25) is 10.0 Å². The van der Waals surface area contributed by atoms with E-state index < -0.39 is 30.1 Å². The van der Waals surface area contributed by atoms with Gasteiger partial charge in [0.2, 0.25) is 5.91 Å². The fourth-order valence-electron chi connectivity index (χ4n) is 3.48. The van der Waals surface area contributed by atoms with Gasteiger partial charge in [0.05, 0.1) is 7.11 Å². The summed E-state index contributed by atoms with van der Waals surface area (Å²) >= 11 is 12.2. The van der Waals surface area contributed by atoms with Crippen molar-refractivity contribution in [2.45, 2.75) is 31.5 Å². The normalized spacial score (nSPS) is 12.2. The van der Waals surface area contributed by atoms with Crippen LogP contribution in [-0.4, -0.2) is 37.2 Å². The van der Waals surface area contributed by atoms with E-state index in [2.05, 4.69) is 10.6 Å². The van der Waals surface area contributed by atoms with Gasteiger partial charge in [-0.2, -0.15) is 0 Å². The van der Waals surface area contributed by atoms with Crippen LogP contribution in [0.5, 0.6) is 0 Å². The van der Waals surface area contributed by atoms with Gasteiger partial charge < -0.3 is 20.1 Å². The number of alkyl carbamates (subject to hydrolysis) is 1. The molecule has 36 heavy (non-hydrogen) atoms. The highest BCUT2D eigenvalue weighted by molar-refractivity contribution is 6.35. The summed E-state index contributed by atoms with van der Waals surface area (Å²) in [5, 5.41) is 6.10. The van der Waals surface area contributed by atoms with Crippen molar-refractivity contribution in [3.63, 3.8) is 0 Å². The largest absolute Gasteiger partial charge is 0.467 e. The van der Waals surface area contributed by atoms with Crippen LogP contribution in [0.3, 0.4) is 0 Å². The van der Waals surface area contributed by atoms with Crippen LogP contribution in [0.4, 0.5) is 4.79 Å². The van der Waals surface area contributed by atoms with Gasteiger partial charge in [-0.3, -0.25) is 4.79 Å². The Kier molecular flexibility index (Phi) is 10.2. The van der Waals surface area contributed by atoms with Gasteiger partial charge in [0.1, 0.15) is 18.7 Å². The maximum Gasteiger partial charge on any atom is 0.408 e. The number of hydrogen-bond acceptors (Lipinski definition) is 5. The molecule has 0 aliphatic heterocycles. The first-order chi connectivity index (χ1) is 17.4. The van der Waals surface area contributed by atoms with Gasteiger partial charge in [0.25, 0.3) is 0 Å². The summed E-state index contributed by atoms with van der Waals surface area (Å²) < 4.78 is 10.2. The van der Waals surface area contributed by atoms with Gasteiger partial charge in [-0.05, 0) is 28.8 Å². The number of carbonyl (C=O) groups is 3. The highest BCUT2D eigenvalue weighted by atomic mass is 35.5. The maximum absolute atomic E-state index is 13.3. The highest BCUT2D eigenvalue weighted by Crippen LogP contribution is 2.22. The van der Waals surface area contributed by atoms with Crippen LogP contribution in [0.25, 0.3) is 0 Å². The zero-order chi connectivity index (χ0) is 25.9. The number of carbonyl (C=O) groups excluding carboxylic acids is 3. The first-order valence-electron chi connectivity index (χ1n) is 11.2. The summed E-state index contributed by atoms with van der Waals surface area (Å²) in [6.45, 7) is 0.0478. The van der Waals surface area contributed by atoms with Crippen LogP contribution < -0.4 is 10.6 Å². The minimum Gasteiger partial charge on any atom is -0.467 e. The molecule has 0 heterocycles. The number of hydrogen-bond donors (Lipinski definition) is 2. The van der Waals surface area contributed by atoms with Crippen molar-refractivity contribution < 1.29 is 23.9 Å². The van der Waals surface area contributed by atoms with Gasteiger partial charge in [-0.15, -0.1) is 0 Å². The van der Waals surface area contributed by atoms with E-state index in [1.165, 1.54) is 7.11 Å². The minimum absolute atomic E-state index is 0.0478. The molecule has 0 bridgehead atoms. The molecule has 2 atom stereocenters. The number of esters is 1. The van der Waals surface area contributed by atoms with Crippen LogP contribution in [-0.2, 0) is 38.5 Å². The van der Waals surface area contributed by atoms with Crippen LogP contribution in [0.1, 0.15) is 16.7 Å². The summed E-state index contributed by atoms with van der Waals surface area (Å²) in [7, 11) is 1.23. The smallest absolute Gasteiger partial charge is 0.408 e. The number of rotatable bonds is 10. The topological polar surface area (TPSA) is 93.7 Å². The maximum atomic E-state index is 13.3. The molecule has 3 rings (SSSR count). The molecule has 0 saturated heterocycles. The Morgan fingerprint density at radius 1 is 0.806 bits per heavy atom. The average Bonchev–Trinajstić information content (AvgIpc) is 2.88. The highest BCUT2D eigenvalue weighted by Gasteiger charge is 2.28. The summed E-state index contributed by atoms with van der Waals surface area (Å²) in [4.78, 5) is 38.3. The average molecular weight is 529 g/mol. The first kappa shape index (κ1) is 27.0. The van der Waals surface area contributed by atoms with Gasteiger partial charge in [0, 0.05) is 22.9 Å². The molecule has 188 valence electrons. The number of benzene rings is 3. The molecule has 9 heteroatoms. The first-order valence-corrected chi connectivity index (χ1v) is 11.9. The van der Waals surface area contributed by atoms with Crippen LogP contribution in [0.15, 0.2) is 78.9 Å². The third-order valence-electron chi connectivity index (χ3n) is 5.35. The van der Waals surface area contributed by atoms with E-state index in [9.17, 15) is 14.4 Å². The van der Waals surface area contributed by atoms with Crippen molar-refractivity contribution in [2.24, 2.45) is 0 Å². The second kappa shape index (κ2) is 13.5. The SMILES string of the molecule is COC(=O)[C@@H](Cc1ccc(Cl)cc1Cl)NC(=O)[C@@H](Cc1ccccc1)NC(=O)OCc1ccccc1. The van der Waals surface area contributed by atoms with Crippen molar-refractivity contribution in [2.75, 3.05) is 7.11 Å². The summed E-state index contributed by atoms with van der Waals surface area (Å²) in [6.07, 6.45) is -0.501. The number of halogens is 2. The zero-order valence-corrected chi connectivity index (χ0v) is 21.1. The molecule has 0 aromatic heterocycles. The lowest BCUT2D eigenvalue weighted by molar-refractivity contribution is -0.145. The Morgan fingerprint density at radius 2 is 1.44 bits per heavy atom. The molecule has 0 unspecified atom stereocenters. The van der Waals surface area contributed by atoms with Gasteiger partial charge in [0.15, 0.2) is 0 Å². The van der Waals surface area contributed by atoms with E-state index in [1.54, 1.807) is 18.2 Å². The standard InChI is InChI=1S/C27H26Cl2N2O5/c1-35-26(33)24(15-20-12-13-21(28)16-22(20)29)30-25(32)23(14-18-8-4-2-5-9-18)31-27(34)36-17-19-10-6-3-7-11-19/h2-13,16,23-24H,14-15,17H2,1H3,(H,30,32)(H,31,34)/t23-,24-/m1/s1. The van der Waals surface area contributed by atoms with Crippen molar-refractivity contribution in [3.8, 4) is 0 Å². The molecule has 2 amide bonds. The quantitative estimate of drug-likeness (QED) is 0.371. The summed E-state index contributed by atoms with van der Waals surface area (Å²) in [5.74, 6) is -1.23. The fourth-order valence-corrected chi connectivity index (χ4v) is 3.97. The molecular weight excluding hydrogens is 503 g/mol. The van der Waals surface area contributed by atoms with E-state index in [0.29, 0.717) is 15.6 Å². The predicted molar refractivity (Wildman–Crippen MR) is 138 cm³/mol. The molecule has 3 aromatic carbocycles. The van der Waals surface area contributed by atoms with E-state index in [4.69, 9.17) is 32.7 Å². The zero-order valence-electron chi connectivity index (χ0n) is 19.6. The molecular formula is C27H26Cl2N2O5. The monoisotopic (exact) mass is 528 g/mol. The Bertz CT molecular complexity index is 1180. The molecule has 3 aromatic rings. The van der Waals surface area contributed by atoms with Crippen molar-refractivity contribution in [1.29, 1.82) is 0 Å². The Labute approximate surface area is 219 Å². The second-order valence-corrected chi connectivity index (χ2v) is 8.82.